The van der Waals surface area contributed by atoms with Crippen LogP contribution in [0.3, 0.4) is 0 Å². The molecule has 0 saturated carbocycles. The number of hydrogen-bond donors (Lipinski definition) is 3. The highest BCUT2D eigenvalue weighted by atomic mass is 127. The minimum absolute atomic E-state index is 0. The maximum Gasteiger partial charge on any atom is 0.255 e. The Bertz CT molecular complexity index is 1500. The third-order valence-electron chi connectivity index (χ3n) is 6.59. The Hall–Kier alpha value is -2.41. The standard InChI is InChI=1S/C29H34Cl2N6O2S.HI/c1-19-15-21(6-8-25(19)37(12-10-30)13-11-31)34-29(39)20-5-7-26-23(16-20)35-28(36(26)2)24-17-22(18-32-24)33-27(38)9-14-40(3)4;/h5-8,15-18H,9-14H2,1-4H3,(H2-,32,33,34,35,38,39);1H. The van der Waals surface area contributed by atoms with E-state index >= 15 is 0 Å². The van der Waals surface area contributed by atoms with Gasteiger partial charge in [0.05, 0.1) is 41.3 Å². The van der Waals surface area contributed by atoms with Crippen LogP contribution < -0.4 is 39.5 Å². The zero-order valence-electron chi connectivity index (χ0n) is 23.6. The number of alkyl halides is 2. The number of fused-ring (bicyclic) bond motifs is 1. The number of H-pyrrole nitrogens is 1. The van der Waals surface area contributed by atoms with Crippen molar-refractivity contribution in [3.63, 3.8) is 0 Å². The lowest BCUT2D eigenvalue weighted by Crippen LogP contribution is -3.00. The predicted molar refractivity (Wildman–Crippen MR) is 171 cm³/mol. The fourth-order valence-corrected chi connectivity index (χ4v) is 5.55. The van der Waals surface area contributed by atoms with Crippen molar-refractivity contribution < 1.29 is 33.6 Å². The van der Waals surface area contributed by atoms with Gasteiger partial charge >= 0.3 is 0 Å². The SMILES string of the molecule is Cc1cc(NC(=O)c2ccc3c(c2)nc(-c2cc(NC(=O)CC[S+](C)C)c[nH]2)n3C)ccc1N(CCCl)CCCl.[I-]. The van der Waals surface area contributed by atoms with E-state index in [1.54, 1.807) is 18.3 Å². The van der Waals surface area contributed by atoms with Gasteiger partial charge in [-0.3, -0.25) is 9.59 Å². The van der Waals surface area contributed by atoms with E-state index in [9.17, 15) is 9.59 Å². The van der Waals surface area contributed by atoms with E-state index in [0.29, 0.717) is 59.5 Å². The molecule has 2 aromatic heterocycles. The summed E-state index contributed by atoms with van der Waals surface area (Å²) in [6.45, 7) is 3.40. The van der Waals surface area contributed by atoms with Gasteiger partial charge < -0.3 is 49.1 Å². The van der Waals surface area contributed by atoms with Crippen LogP contribution in [0.4, 0.5) is 17.1 Å². The van der Waals surface area contributed by atoms with Crippen LogP contribution in [0.25, 0.3) is 22.6 Å². The number of anilines is 3. The number of hydrogen-bond acceptors (Lipinski definition) is 4. The molecule has 2 heterocycles. The highest BCUT2D eigenvalue weighted by Crippen LogP contribution is 2.27. The van der Waals surface area contributed by atoms with Crippen molar-refractivity contribution in [2.45, 2.75) is 13.3 Å². The largest absolute Gasteiger partial charge is 1.00 e. The Balaban J connectivity index is 0.00000462. The van der Waals surface area contributed by atoms with E-state index in [1.165, 1.54) is 0 Å². The average molecular weight is 730 g/mol. The van der Waals surface area contributed by atoms with Gasteiger partial charge in [0.15, 0.2) is 5.82 Å². The highest BCUT2D eigenvalue weighted by Gasteiger charge is 2.16. The van der Waals surface area contributed by atoms with Crippen molar-refractivity contribution in [3.8, 4) is 11.5 Å². The van der Waals surface area contributed by atoms with Gasteiger partial charge in [0.2, 0.25) is 5.91 Å². The summed E-state index contributed by atoms with van der Waals surface area (Å²) in [4.78, 5) is 35.5. The predicted octanol–water partition coefficient (Wildman–Crippen LogP) is 2.62. The molecule has 0 aliphatic rings. The van der Waals surface area contributed by atoms with Crippen molar-refractivity contribution in [2.75, 3.05) is 58.6 Å². The molecule has 0 bridgehead atoms. The molecule has 2 aromatic carbocycles. The Morgan fingerprint density at radius 2 is 1.76 bits per heavy atom. The summed E-state index contributed by atoms with van der Waals surface area (Å²) in [6, 6.07) is 13.2. The number of amides is 2. The van der Waals surface area contributed by atoms with Crippen LogP contribution in [-0.2, 0) is 22.7 Å². The fraction of sp³-hybridized carbons (Fsp3) is 0.345. The van der Waals surface area contributed by atoms with Gasteiger partial charge in [-0.25, -0.2) is 4.98 Å². The van der Waals surface area contributed by atoms with E-state index in [-0.39, 0.29) is 46.7 Å². The molecule has 0 radical (unpaired) electrons. The van der Waals surface area contributed by atoms with Crippen LogP contribution in [0.2, 0.25) is 0 Å². The number of halogens is 3. The molecule has 0 unspecified atom stereocenters. The smallest absolute Gasteiger partial charge is 0.255 e. The van der Waals surface area contributed by atoms with Crippen LogP contribution in [0.1, 0.15) is 22.3 Å². The summed E-state index contributed by atoms with van der Waals surface area (Å²) in [6.07, 6.45) is 6.52. The summed E-state index contributed by atoms with van der Waals surface area (Å²) < 4.78 is 1.96. The lowest BCUT2D eigenvalue weighted by atomic mass is 10.1. The molecule has 12 heteroatoms. The molecule has 0 fully saturated rings. The number of carbonyl (C=O) groups is 2. The Labute approximate surface area is 270 Å². The summed E-state index contributed by atoms with van der Waals surface area (Å²) in [5, 5.41) is 5.94. The van der Waals surface area contributed by atoms with Gasteiger partial charge in [0, 0.05) is 55.0 Å². The Kier molecular flexibility index (Phi) is 12.2. The maximum absolute atomic E-state index is 13.1. The summed E-state index contributed by atoms with van der Waals surface area (Å²) in [5.74, 6) is 2.38. The van der Waals surface area contributed by atoms with E-state index < -0.39 is 0 Å². The highest BCUT2D eigenvalue weighted by molar-refractivity contribution is 7.95. The first kappa shape index (κ1) is 33.1. The molecular weight excluding hydrogens is 694 g/mol. The second-order valence-corrected chi connectivity index (χ2v) is 12.9. The molecule has 0 spiro atoms. The normalized spacial score (nSPS) is 11.0. The van der Waals surface area contributed by atoms with E-state index in [2.05, 4.69) is 33.0 Å². The monoisotopic (exact) mass is 728 g/mol. The number of carbonyl (C=O) groups excluding carboxylic acids is 2. The van der Waals surface area contributed by atoms with Crippen molar-refractivity contribution >= 4 is 74.0 Å². The van der Waals surface area contributed by atoms with E-state index in [1.807, 2.05) is 48.9 Å². The number of aromatic amines is 1. The number of rotatable bonds is 12. The number of imidazole rings is 1. The number of nitrogens with zero attached hydrogens (tertiary/aromatic N) is 3. The molecule has 2 amide bonds. The number of nitrogens with one attached hydrogen (secondary N) is 3. The molecule has 220 valence electrons. The van der Waals surface area contributed by atoms with E-state index in [0.717, 1.165) is 28.2 Å². The lowest BCUT2D eigenvalue weighted by Gasteiger charge is -2.25. The first-order chi connectivity index (χ1) is 19.2. The molecule has 0 aliphatic heterocycles. The molecule has 0 saturated heterocycles. The fourth-order valence-electron chi connectivity index (χ4n) is 4.55. The zero-order chi connectivity index (χ0) is 28.8. The minimum atomic E-state index is -0.216. The summed E-state index contributed by atoms with van der Waals surface area (Å²) >= 11 is 11.9. The summed E-state index contributed by atoms with van der Waals surface area (Å²) in [7, 11) is 2.15. The zero-order valence-corrected chi connectivity index (χ0v) is 28.0. The lowest BCUT2D eigenvalue weighted by molar-refractivity contribution is -0.115. The topological polar surface area (TPSA) is 95.0 Å². The number of aromatic nitrogens is 3. The minimum Gasteiger partial charge on any atom is -1.00 e. The van der Waals surface area contributed by atoms with Crippen LogP contribution in [0.5, 0.6) is 0 Å². The first-order valence-corrected chi connectivity index (χ1v) is 16.3. The van der Waals surface area contributed by atoms with Crippen LogP contribution >= 0.6 is 23.2 Å². The Morgan fingerprint density at radius 1 is 1.02 bits per heavy atom. The Morgan fingerprint density at radius 3 is 2.41 bits per heavy atom. The van der Waals surface area contributed by atoms with Crippen molar-refractivity contribution in [3.05, 3.63) is 59.8 Å². The first-order valence-electron chi connectivity index (χ1n) is 13.0. The van der Waals surface area contributed by atoms with Gasteiger partial charge in [-0.2, -0.15) is 0 Å². The molecule has 4 rings (SSSR count). The third-order valence-corrected chi connectivity index (χ3v) is 7.95. The molecule has 0 aliphatic carbocycles. The van der Waals surface area contributed by atoms with Crippen LogP contribution in [0, 0.1) is 6.92 Å². The summed E-state index contributed by atoms with van der Waals surface area (Å²) in [5.41, 5.74) is 6.36. The second-order valence-electron chi connectivity index (χ2n) is 9.81. The second kappa shape index (κ2) is 15.2. The quantitative estimate of drug-likeness (QED) is 0.119. The van der Waals surface area contributed by atoms with Crippen LogP contribution in [0.15, 0.2) is 48.7 Å². The van der Waals surface area contributed by atoms with Gasteiger partial charge in [-0.1, -0.05) is 0 Å². The molecule has 41 heavy (non-hydrogen) atoms. The number of aryl methyl sites for hydroxylation is 2. The van der Waals surface area contributed by atoms with Gasteiger partial charge in [-0.15, -0.1) is 23.2 Å². The maximum atomic E-state index is 13.1. The van der Waals surface area contributed by atoms with Crippen molar-refractivity contribution in [2.24, 2.45) is 7.05 Å². The van der Waals surface area contributed by atoms with E-state index in [4.69, 9.17) is 28.2 Å². The molecule has 8 nitrogen and oxygen atoms in total. The molecular formula is C29H35Cl2IN6O2S. The van der Waals surface area contributed by atoms with Gasteiger partial charge in [0.1, 0.15) is 5.75 Å². The molecule has 4 aromatic rings. The average Bonchev–Trinajstić information content (AvgIpc) is 3.51. The number of benzene rings is 2. The van der Waals surface area contributed by atoms with Gasteiger partial charge in [0.25, 0.3) is 5.91 Å². The van der Waals surface area contributed by atoms with Crippen molar-refractivity contribution in [1.82, 2.24) is 14.5 Å². The molecule has 0 atom stereocenters. The molecule has 3 N–H and O–H groups in total. The van der Waals surface area contributed by atoms with Gasteiger partial charge in [-0.05, 0) is 65.8 Å². The van der Waals surface area contributed by atoms with Crippen LogP contribution in [-0.4, -0.2) is 69.5 Å². The van der Waals surface area contributed by atoms with Crippen molar-refractivity contribution in [1.29, 1.82) is 0 Å². The third kappa shape index (κ3) is 8.33.